The molecule has 0 spiro atoms. The van der Waals surface area contributed by atoms with Gasteiger partial charge in [0.25, 0.3) is 0 Å². The Hall–Kier alpha value is -2.33. The van der Waals surface area contributed by atoms with Crippen molar-refractivity contribution in [2.75, 3.05) is 0 Å². The molecular weight excluding hydrogens is 324 g/mol. The first kappa shape index (κ1) is 20.0. The Bertz CT molecular complexity index is 673. The summed E-state index contributed by atoms with van der Waals surface area (Å²) in [6, 6.07) is 18.2. The van der Waals surface area contributed by atoms with Crippen LogP contribution >= 0.6 is 0 Å². The lowest BCUT2D eigenvalue weighted by Crippen LogP contribution is -2.50. The molecule has 140 valence electrons. The van der Waals surface area contributed by atoms with Crippen molar-refractivity contribution in [3.8, 4) is 5.75 Å². The summed E-state index contributed by atoms with van der Waals surface area (Å²) in [5.41, 5.74) is 5.19. The summed E-state index contributed by atoms with van der Waals surface area (Å²) in [5.74, 6) is 0.718. The maximum Gasteiger partial charge on any atom is 0.238 e. The Morgan fingerprint density at radius 2 is 1.54 bits per heavy atom. The van der Waals surface area contributed by atoms with E-state index >= 15 is 0 Å². The second-order valence-electron chi connectivity index (χ2n) is 7.16. The van der Waals surface area contributed by atoms with Gasteiger partial charge in [-0.3, -0.25) is 10.2 Å². The molecule has 0 radical (unpaired) electrons. The number of hydrazine groups is 1. The Morgan fingerprint density at radius 1 is 0.962 bits per heavy atom. The first-order valence-corrected chi connectivity index (χ1v) is 9.23. The zero-order valence-corrected chi connectivity index (χ0v) is 16.4. The average Bonchev–Trinajstić information content (AvgIpc) is 2.61. The van der Waals surface area contributed by atoms with Gasteiger partial charge >= 0.3 is 0 Å². The molecule has 0 aliphatic carbocycles. The van der Waals surface area contributed by atoms with E-state index in [1.165, 1.54) is 5.56 Å². The van der Waals surface area contributed by atoms with E-state index in [1.807, 2.05) is 66.5 Å². The molecule has 1 atom stereocenters. The second kappa shape index (κ2) is 9.39. The molecule has 0 bridgehead atoms. The molecule has 4 heteroatoms. The van der Waals surface area contributed by atoms with E-state index in [0.29, 0.717) is 0 Å². The molecule has 0 aromatic heterocycles. The molecule has 26 heavy (non-hydrogen) atoms. The first-order valence-electron chi connectivity index (χ1n) is 9.23. The molecule has 0 saturated heterocycles. The Labute approximate surface area is 157 Å². The smallest absolute Gasteiger partial charge is 0.238 e. The minimum Gasteiger partial charge on any atom is -0.485 e. The zero-order chi connectivity index (χ0) is 19.1. The van der Waals surface area contributed by atoms with E-state index < -0.39 is 0 Å². The SMILES string of the molecule is Cc1ccc(OC(CC(=O)NN(C(C)C)C(C)C)c2ccccc2)cc1. The molecule has 0 aliphatic rings. The Kier molecular flexibility index (Phi) is 7.22. The van der Waals surface area contributed by atoms with Crippen LogP contribution in [0.1, 0.15) is 51.3 Å². The fourth-order valence-electron chi connectivity index (χ4n) is 2.89. The van der Waals surface area contributed by atoms with Crippen LogP contribution in [0.15, 0.2) is 54.6 Å². The van der Waals surface area contributed by atoms with E-state index in [0.717, 1.165) is 11.3 Å². The minimum absolute atomic E-state index is 0.0478. The number of amides is 1. The van der Waals surface area contributed by atoms with Gasteiger partial charge in [-0.2, -0.15) is 0 Å². The van der Waals surface area contributed by atoms with E-state index in [4.69, 9.17) is 4.74 Å². The van der Waals surface area contributed by atoms with Gasteiger partial charge in [-0.1, -0.05) is 48.0 Å². The molecule has 2 rings (SSSR count). The van der Waals surface area contributed by atoms with Crippen LogP contribution in [0, 0.1) is 6.92 Å². The number of aryl methyl sites for hydroxylation is 1. The van der Waals surface area contributed by atoms with Crippen molar-refractivity contribution in [2.24, 2.45) is 0 Å². The second-order valence-corrected chi connectivity index (χ2v) is 7.16. The van der Waals surface area contributed by atoms with Crippen LogP contribution in [0.4, 0.5) is 0 Å². The van der Waals surface area contributed by atoms with E-state index in [1.54, 1.807) is 0 Å². The lowest BCUT2D eigenvalue weighted by molar-refractivity contribution is -0.129. The van der Waals surface area contributed by atoms with E-state index in [-0.39, 0.29) is 30.5 Å². The standard InChI is InChI=1S/C22H30N2O2/c1-16(2)24(17(3)4)23-22(25)15-21(19-9-7-6-8-10-19)26-20-13-11-18(5)12-14-20/h6-14,16-17,21H,15H2,1-5H3,(H,23,25). The Morgan fingerprint density at radius 3 is 2.08 bits per heavy atom. The summed E-state index contributed by atoms with van der Waals surface area (Å²) in [6.07, 6.45) is -0.0755. The van der Waals surface area contributed by atoms with Crippen molar-refractivity contribution in [1.82, 2.24) is 10.4 Å². The van der Waals surface area contributed by atoms with Crippen LogP contribution in [0.5, 0.6) is 5.75 Å². The number of nitrogens with one attached hydrogen (secondary N) is 1. The van der Waals surface area contributed by atoms with Crippen molar-refractivity contribution in [1.29, 1.82) is 0 Å². The normalized spacial score (nSPS) is 12.5. The number of carbonyl (C=O) groups is 1. The number of nitrogens with zero attached hydrogens (tertiary/aromatic N) is 1. The zero-order valence-electron chi connectivity index (χ0n) is 16.4. The largest absolute Gasteiger partial charge is 0.485 e. The van der Waals surface area contributed by atoms with Gasteiger partial charge in [0, 0.05) is 12.1 Å². The molecule has 0 saturated carbocycles. The summed E-state index contributed by atoms with van der Waals surface area (Å²) >= 11 is 0. The monoisotopic (exact) mass is 354 g/mol. The number of carbonyl (C=O) groups excluding carboxylic acids is 1. The molecule has 0 fully saturated rings. The van der Waals surface area contributed by atoms with Crippen LogP contribution in [0.3, 0.4) is 0 Å². The van der Waals surface area contributed by atoms with Crippen LogP contribution < -0.4 is 10.2 Å². The lowest BCUT2D eigenvalue weighted by Gasteiger charge is -2.31. The highest BCUT2D eigenvalue weighted by Crippen LogP contribution is 2.25. The molecule has 1 N–H and O–H groups in total. The number of ether oxygens (including phenoxy) is 1. The summed E-state index contributed by atoms with van der Waals surface area (Å²) in [5, 5.41) is 1.97. The van der Waals surface area contributed by atoms with Gasteiger partial charge in [-0.25, -0.2) is 5.01 Å². The third-order valence-corrected chi connectivity index (χ3v) is 4.21. The van der Waals surface area contributed by atoms with E-state index in [2.05, 4.69) is 33.1 Å². The number of hydrogen-bond acceptors (Lipinski definition) is 3. The molecule has 4 nitrogen and oxygen atoms in total. The molecule has 1 amide bonds. The molecule has 2 aromatic rings. The predicted molar refractivity (Wildman–Crippen MR) is 106 cm³/mol. The topological polar surface area (TPSA) is 41.6 Å². The van der Waals surface area contributed by atoms with Crippen molar-refractivity contribution in [3.05, 3.63) is 65.7 Å². The maximum absolute atomic E-state index is 12.7. The number of benzene rings is 2. The van der Waals surface area contributed by atoms with Crippen molar-refractivity contribution in [3.63, 3.8) is 0 Å². The van der Waals surface area contributed by atoms with Gasteiger partial charge in [0.15, 0.2) is 0 Å². The van der Waals surface area contributed by atoms with Gasteiger partial charge in [-0.15, -0.1) is 0 Å². The van der Waals surface area contributed by atoms with Crippen LogP contribution in [-0.2, 0) is 4.79 Å². The molecule has 0 aliphatic heterocycles. The molecular formula is C22H30N2O2. The lowest BCUT2D eigenvalue weighted by atomic mass is 10.1. The fourth-order valence-corrected chi connectivity index (χ4v) is 2.89. The van der Waals surface area contributed by atoms with Crippen molar-refractivity contribution in [2.45, 2.75) is 59.2 Å². The van der Waals surface area contributed by atoms with Gasteiger partial charge < -0.3 is 4.74 Å². The van der Waals surface area contributed by atoms with E-state index in [9.17, 15) is 4.79 Å². The minimum atomic E-state index is -0.333. The number of rotatable bonds is 8. The Balaban J connectivity index is 2.13. The predicted octanol–water partition coefficient (Wildman–Crippen LogP) is 4.66. The van der Waals surface area contributed by atoms with Crippen LogP contribution in [0.25, 0.3) is 0 Å². The van der Waals surface area contributed by atoms with Gasteiger partial charge in [0.05, 0.1) is 6.42 Å². The van der Waals surface area contributed by atoms with Gasteiger partial charge in [-0.05, 0) is 52.3 Å². The van der Waals surface area contributed by atoms with Gasteiger partial charge in [0.1, 0.15) is 11.9 Å². The third kappa shape index (κ3) is 5.88. The third-order valence-electron chi connectivity index (χ3n) is 4.21. The summed E-state index contributed by atoms with van der Waals surface area (Å²) in [7, 11) is 0. The molecule has 1 unspecified atom stereocenters. The maximum atomic E-state index is 12.7. The van der Waals surface area contributed by atoms with Crippen molar-refractivity contribution >= 4 is 5.91 Å². The highest BCUT2D eigenvalue weighted by Gasteiger charge is 2.21. The van der Waals surface area contributed by atoms with Crippen molar-refractivity contribution < 1.29 is 9.53 Å². The quantitative estimate of drug-likeness (QED) is 0.701. The summed E-state index contributed by atoms with van der Waals surface area (Å²) < 4.78 is 6.15. The highest BCUT2D eigenvalue weighted by molar-refractivity contribution is 5.76. The molecule has 2 aromatic carbocycles. The van der Waals surface area contributed by atoms with Crippen LogP contribution in [0.2, 0.25) is 0 Å². The average molecular weight is 354 g/mol. The number of hydrogen-bond donors (Lipinski definition) is 1. The van der Waals surface area contributed by atoms with Gasteiger partial charge in [0.2, 0.25) is 5.91 Å². The first-order chi connectivity index (χ1) is 12.4. The summed E-state index contributed by atoms with van der Waals surface area (Å²) in [6.45, 7) is 10.3. The summed E-state index contributed by atoms with van der Waals surface area (Å²) in [4.78, 5) is 12.7. The highest BCUT2D eigenvalue weighted by atomic mass is 16.5. The van der Waals surface area contributed by atoms with Crippen LogP contribution in [-0.4, -0.2) is 23.0 Å². The molecule has 0 heterocycles. The fraction of sp³-hybridized carbons (Fsp3) is 0.409.